The molecule has 312 valence electrons. The number of nitrogens with zero attached hydrogens (tertiary/aromatic N) is 2. The molecule has 0 saturated carbocycles. The molecule has 0 radical (unpaired) electrons. The Bertz CT molecular complexity index is 2160. The number of amides is 2. The van der Waals surface area contributed by atoms with E-state index in [9.17, 15) is 48.4 Å². The molecule has 0 unspecified atom stereocenters. The number of halogens is 17. The van der Waals surface area contributed by atoms with Gasteiger partial charge in [0.25, 0.3) is 11.8 Å². The number of aryl methyl sites for hydroxylation is 2. The van der Waals surface area contributed by atoms with Gasteiger partial charge in [0, 0.05) is 22.3 Å². The molecular weight excluding hydrogens is 982 g/mol. The molecule has 2 amide bonds. The van der Waals surface area contributed by atoms with Gasteiger partial charge >= 0.3 is 80.0 Å². The minimum absolute atomic E-state index is 0.00901. The molecular formula is C30H24Cl7F10N4O2PS2. The average molecular weight is 1010 g/mol. The Hall–Kier alpha value is -2.38. The van der Waals surface area contributed by atoms with E-state index in [1.165, 1.54) is 6.07 Å². The third kappa shape index (κ3) is 18.0. The van der Waals surface area contributed by atoms with Crippen LogP contribution in [0.3, 0.4) is 0 Å². The summed E-state index contributed by atoms with van der Waals surface area (Å²) in [6, 6.07) is 17.1. The van der Waals surface area contributed by atoms with Gasteiger partial charge in [0.15, 0.2) is 10.3 Å². The molecule has 4 aromatic rings. The molecule has 26 heteroatoms. The molecule has 6 nitrogen and oxygen atoms in total. The third-order valence-electron chi connectivity index (χ3n) is 6.37. The summed E-state index contributed by atoms with van der Waals surface area (Å²) in [7, 11) is -19.5. The van der Waals surface area contributed by atoms with E-state index in [0.29, 0.717) is 28.8 Å². The van der Waals surface area contributed by atoms with Crippen LogP contribution in [-0.2, 0) is 0 Å². The number of carbonyl (C=O) groups is 2. The van der Waals surface area contributed by atoms with E-state index in [4.69, 9.17) is 79.4 Å². The van der Waals surface area contributed by atoms with Crippen LogP contribution < -0.4 is 10.9 Å². The molecule has 0 aliphatic rings. The predicted molar refractivity (Wildman–Crippen MR) is 214 cm³/mol. The summed E-state index contributed by atoms with van der Waals surface area (Å²) in [5.41, 5.74) is 6.15. The maximum atomic E-state index is 12.7. The zero-order valence-electron chi connectivity index (χ0n) is 27.6. The van der Waals surface area contributed by atoms with Crippen LogP contribution in [0.25, 0.3) is 0 Å². The topological polar surface area (TPSA) is 82.9 Å². The molecule has 0 bridgehead atoms. The van der Waals surface area contributed by atoms with Crippen LogP contribution in [-0.4, -0.2) is 22.2 Å². The zero-order chi connectivity index (χ0) is 43.3. The minimum atomic E-state index is -9.79. The van der Waals surface area contributed by atoms with Gasteiger partial charge in [0.05, 0.1) is 0 Å². The SMILES string of the molecule is Cc1ccccc1/C(Cl)=N/N=C(\Cl)c1ccc(S(F)(F)(F)(F)F)cc1.Cc1ccccc1C(=O)NNC(=O)c1ccc(S(F)(F)(F)(F)F)cc1.ClP(Cl)(Cl)(Cl)Cl. The standard InChI is InChI=1S/C15H11Cl2F5N2S.C15H13F5N2O2S.Cl5P/c1-10-4-2-3-5-13(10)15(17)24-23-14(16)11-6-8-12(9-7-11)25(18,19,20,21)22;1-10-4-2-3-5-13(10)15(24)22-21-14(23)11-6-8-12(9-7-11)25(16,17,18,19)20;1-6(2,3,4)5/h2-9H,1H3;2-9H,1H3,(H,21,23)(H,22,24);/b23-14-,24-15-;;. The third-order valence-corrected chi connectivity index (χ3v) is 9.27. The van der Waals surface area contributed by atoms with Gasteiger partial charge in [-0.2, -0.15) is 0 Å². The summed E-state index contributed by atoms with van der Waals surface area (Å²) >= 11 is 36.7. The Balaban J connectivity index is 0.000000338. The van der Waals surface area contributed by atoms with Gasteiger partial charge in [-0.1, -0.05) is 117 Å². The number of nitrogens with one attached hydrogen (secondary N) is 2. The van der Waals surface area contributed by atoms with E-state index in [1.807, 2.05) is 5.43 Å². The monoisotopic (exact) mass is 1000 g/mol. The fourth-order valence-electron chi connectivity index (χ4n) is 3.80. The summed E-state index contributed by atoms with van der Waals surface area (Å²) in [5, 5.41) is 7.06. The second kappa shape index (κ2) is 16.0. The summed E-state index contributed by atoms with van der Waals surface area (Å²) < 4.78 is 123. The summed E-state index contributed by atoms with van der Waals surface area (Å²) in [6.45, 7) is 3.48. The zero-order valence-corrected chi connectivity index (χ0v) is 35.5. The first-order chi connectivity index (χ1) is 24.8. The van der Waals surface area contributed by atoms with Crippen LogP contribution in [0, 0.1) is 13.8 Å². The summed E-state index contributed by atoms with van der Waals surface area (Å²) in [6.07, 6.45) is 0. The summed E-state index contributed by atoms with van der Waals surface area (Å²) in [4.78, 5) is 19.6. The van der Waals surface area contributed by atoms with Gasteiger partial charge in [-0.15, -0.1) is 10.2 Å². The number of benzene rings is 4. The second-order valence-corrected chi connectivity index (χ2v) is 33.1. The van der Waals surface area contributed by atoms with Crippen LogP contribution in [0.5, 0.6) is 0 Å². The van der Waals surface area contributed by atoms with Crippen LogP contribution in [0.4, 0.5) is 38.9 Å². The fourth-order valence-corrected chi connectivity index (χ4v) is 5.51. The molecule has 0 aliphatic carbocycles. The second-order valence-electron chi connectivity index (χ2n) is 10.9. The van der Waals surface area contributed by atoms with Gasteiger partial charge in [-0.05, 0) is 67.4 Å². The van der Waals surface area contributed by atoms with E-state index >= 15 is 0 Å². The van der Waals surface area contributed by atoms with E-state index in [1.54, 1.807) is 56.3 Å². The normalized spacial score (nSPS) is 15.7. The van der Waals surface area contributed by atoms with Crippen LogP contribution in [0.2, 0.25) is 0 Å². The number of rotatable bonds is 7. The van der Waals surface area contributed by atoms with Crippen molar-refractivity contribution in [2.75, 3.05) is 0 Å². The molecule has 0 aromatic heterocycles. The van der Waals surface area contributed by atoms with Crippen molar-refractivity contribution in [3.8, 4) is 0 Å². The van der Waals surface area contributed by atoms with Crippen LogP contribution >= 0.6 is 103 Å². The Kier molecular flexibility index (Phi) is 14.2. The van der Waals surface area contributed by atoms with Crippen molar-refractivity contribution in [2.45, 2.75) is 23.6 Å². The van der Waals surface area contributed by atoms with Crippen molar-refractivity contribution in [1.82, 2.24) is 10.9 Å². The maximum absolute atomic E-state index is 12.7. The van der Waals surface area contributed by atoms with Crippen LogP contribution in [0.15, 0.2) is 117 Å². The Morgan fingerprint density at radius 1 is 0.500 bits per heavy atom. The van der Waals surface area contributed by atoms with E-state index in [-0.39, 0.29) is 45.7 Å². The Morgan fingerprint density at radius 3 is 1.20 bits per heavy atom. The van der Waals surface area contributed by atoms with Gasteiger partial charge < -0.3 is 0 Å². The van der Waals surface area contributed by atoms with Gasteiger partial charge in [-0.25, -0.2) is 0 Å². The molecule has 56 heavy (non-hydrogen) atoms. The molecule has 0 fully saturated rings. The van der Waals surface area contributed by atoms with Crippen molar-refractivity contribution in [3.05, 3.63) is 130 Å². The molecule has 0 saturated heterocycles. The first-order valence-corrected chi connectivity index (χ1v) is 25.7. The quantitative estimate of drug-likeness (QED) is 0.0837. The molecule has 0 atom stereocenters. The van der Waals surface area contributed by atoms with E-state index in [0.717, 1.165) is 17.7 Å². The molecule has 0 spiro atoms. The van der Waals surface area contributed by atoms with Crippen LogP contribution in [0.1, 0.15) is 43.0 Å². The molecule has 0 aliphatic heterocycles. The van der Waals surface area contributed by atoms with Gasteiger partial charge in [0.1, 0.15) is 9.79 Å². The first-order valence-electron chi connectivity index (χ1n) is 14.3. The number of hydrogen-bond acceptors (Lipinski definition) is 4. The average Bonchev–Trinajstić information content (AvgIpc) is 3.03. The van der Waals surface area contributed by atoms with Crippen molar-refractivity contribution in [3.63, 3.8) is 0 Å². The number of hydrogen-bond donors (Lipinski definition) is 2. The molecule has 4 aromatic carbocycles. The fraction of sp³-hybridized carbons (Fsp3) is 0.0667. The van der Waals surface area contributed by atoms with Crippen molar-refractivity contribution in [2.24, 2.45) is 10.2 Å². The molecule has 0 heterocycles. The van der Waals surface area contributed by atoms with Gasteiger partial charge in [-0.3, -0.25) is 20.4 Å². The molecule has 2 N–H and O–H groups in total. The Morgan fingerprint density at radius 2 is 0.821 bits per heavy atom. The number of hydrazine groups is 1. The number of carbonyl (C=O) groups excluding carboxylic acids is 2. The van der Waals surface area contributed by atoms with Crippen molar-refractivity contribution >= 4 is 125 Å². The van der Waals surface area contributed by atoms with Crippen molar-refractivity contribution < 1.29 is 48.4 Å². The van der Waals surface area contributed by atoms with Gasteiger partial charge in [0.2, 0.25) is 0 Å². The molecule has 4 rings (SSSR count). The first kappa shape index (κ1) is 49.8. The summed E-state index contributed by atoms with van der Waals surface area (Å²) in [5.74, 6) is -1.58. The Labute approximate surface area is 346 Å². The van der Waals surface area contributed by atoms with E-state index < -0.39 is 45.4 Å². The van der Waals surface area contributed by atoms with E-state index in [2.05, 4.69) is 15.6 Å². The predicted octanol–water partition coefficient (Wildman–Crippen LogP) is 16.3. The van der Waals surface area contributed by atoms with Crippen molar-refractivity contribution in [1.29, 1.82) is 0 Å².